The molecule has 6 rings (SSSR count). The van der Waals surface area contributed by atoms with Gasteiger partial charge in [0, 0.05) is 36.9 Å². The zero-order chi connectivity index (χ0) is 45.9. The minimum Gasteiger partial charge on any atom is -0.456 e. The van der Waals surface area contributed by atoms with Crippen LogP contribution in [0.25, 0.3) is 0 Å². The third-order valence-electron chi connectivity index (χ3n) is 13.6. The van der Waals surface area contributed by atoms with Crippen LogP contribution in [0, 0.1) is 16.7 Å². The van der Waals surface area contributed by atoms with Gasteiger partial charge in [-0.1, -0.05) is 101 Å². The van der Waals surface area contributed by atoms with Crippen molar-refractivity contribution in [3.05, 3.63) is 82.9 Å². The first-order valence-corrected chi connectivity index (χ1v) is 22.0. The quantitative estimate of drug-likeness (QED) is 0.106. The van der Waals surface area contributed by atoms with Gasteiger partial charge in [-0.25, -0.2) is 9.59 Å². The predicted molar refractivity (Wildman–Crippen MR) is 228 cm³/mol. The number of alkyl halides is 2. The fraction of sp³-hybridized carbons (Fsp3) is 0.556. The van der Waals surface area contributed by atoms with E-state index >= 15 is 4.79 Å². The van der Waals surface area contributed by atoms with E-state index in [0.717, 1.165) is 13.8 Å². The minimum atomic E-state index is -2.39. The highest BCUT2D eigenvalue weighted by Gasteiger charge is 2.78. The molecule has 4 N–H and O–H groups in total. The molecule has 17 heteroatoms. The molecule has 0 spiro atoms. The summed E-state index contributed by atoms with van der Waals surface area (Å²) >= 11 is 6.85. The van der Waals surface area contributed by atoms with Crippen molar-refractivity contribution in [2.75, 3.05) is 6.61 Å². The number of aliphatic hydroxyl groups is 3. The van der Waals surface area contributed by atoms with Crippen molar-refractivity contribution in [2.45, 2.75) is 131 Å². The standard InChI is InChI=1S/C45H53Br2NO14/c1-22-28(60-39(55)33(52)32(26-15-11-9-12-16-26)48-40(56)43(8,47)23(2)46)20-45(57)37(61-38(54)27-17-13-10-14-18-27)35-42(7,29(51)19-30-44(35,21-58-30)62-25(4)50)36(53)34(59-24(3)49)31(22)41(45,5)6/h9-18,23,28-30,32-35,37,51-52,57H,19-21H2,1-8H3,(H,48,56)/t23-,28+,29+,30-,32+,33-,34-,35+,37+,42-,43-,44+,45+/m1/s1. The molecule has 4 aliphatic rings. The number of hydrogen-bond donors (Lipinski definition) is 4. The van der Waals surface area contributed by atoms with Crippen molar-refractivity contribution in [1.29, 1.82) is 0 Å². The molecule has 2 bridgehead atoms. The maximum absolute atomic E-state index is 15.5. The summed E-state index contributed by atoms with van der Waals surface area (Å²) in [6.07, 6.45) is -10.5. The molecule has 0 aromatic heterocycles. The number of amides is 1. The average molecular weight is 992 g/mol. The van der Waals surface area contributed by atoms with Gasteiger partial charge < -0.3 is 44.3 Å². The number of esters is 4. The van der Waals surface area contributed by atoms with Crippen molar-refractivity contribution in [3.63, 3.8) is 0 Å². The number of fused-ring (bicyclic) bond motifs is 5. The summed E-state index contributed by atoms with van der Waals surface area (Å²) in [4.78, 5) is 83.3. The van der Waals surface area contributed by atoms with Crippen molar-refractivity contribution < 1.29 is 67.8 Å². The Hall–Kier alpha value is -4.00. The number of aliphatic hydroxyl groups excluding tert-OH is 2. The lowest BCUT2D eigenvalue weighted by atomic mass is 9.44. The largest absolute Gasteiger partial charge is 0.456 e. The Morgan fingerprint density at radius 2 is 1.55 bits per heavy atom. The topological polar surface area (TPSA) is 221 Å². The van der Waals surface area contributed by atoms with Crippen LogP contribution in [-0.2, 0) is 47.7 Å². The molecule has 13 atom stereocenters. The molecule has 2 aromatic rings. The maximum Gasteiger partial charge on any atom is 0.338 e. The Bertz CT molecular complexity index is 2140. The number of halogens is 2. The average Bonchev–Trinajstić information content (AvgIpc) is 3.20. The van der Waals surface area contributed by atoms with Gasteiger partial charge in [-0.05, 0) is 49.6 Å². The number of hydrogen-bond acceptors (Lipinski definition) is 14. The van der Waals surface area contributed by atoms with Gasteiger partial charge in [0.2, 0.25) is 5.91 Å². The Kier molecular flexibility index (Phi) is 13.2. The van der Waals surface area contributed by atoms with Crippen LogP contribution < -0.4 is 5.32 Å². The zero-order valence-electron chi connectivity index (χ0n) is 35.7. The van der Waals surface area contributed by atoms with Gasteiger partial charge in [0.1, 0.15) is 28.2 Å². The van der Waals surface area contributed by atoms with Crippen LogP contribution in [-0.4, -0.2) is 114 Å². The highest BCUT2D eigenvalue weighted by atomic mass is 79.9. The molecule has 2 aromatic carbocycles. The normalized spacial score (nSPS) is 33.5. The molecule has 3 aliphatic carbocycles. The second kappa shape index (κ2) is 17.2. The van der Waals surface area contributed by atoms with Gasteiger partial charge in [0.05, 0.1) is 35.6 Å². The summed E-state index contributed by atoms with van der Waals surface area (Å²) in [5, 5.41) is 40.3. The van der Waals surface area contributed by atoms with Gasteiger partial charge in [0.25, 0.3) is 0 Å². The van der Waals surface area contributed by atoms with Gasteiger partial charge in [-0.3, -0.25) is 19.2 Å². The summed E-state index contributed by atoms with van der Waals surface area (Å²) in [5.74, 6) is -6.83. The summed E-state index contributed by atoms with van der Waals surface area (Å²) in [6, 6.07) is 14.7. The lowest BCUT2D eigenvalue weighted by Crippen LogP contribution is -2.82. The SMILES string of the molecule is CC(=O)O[C@H]1C(=O)[C@@]2(C)[C@H]([C@H](OC(=O)c3ccccc3)[C@@]3(O)C[C@H](OC(=O)[C@H](O)[C@@H](NC(=O)[C@](C)(Br)[C@@H](C)Br)c4ccccc4)C(C)=C1C3(C)C)[C@]1(OC(C)=O)CO[C@@H]1C[C@@H]2O. The summed E-state index contributed by atoms with van der Waals surface area (Å²) in [7, 11) is 0. The van der Waals surface area contributed by atoms with E-state index in [0.29, 0.717) is 5.56 Å². The Morgan fingerprint density at radius 1 is 0.952 bits per heavy atom. The van der Waals surface area contributed by atoms with Crippen molar-refractivity contribution >= 4 is 67.4 Å². The van der Waals surface area contributed by atoms with E-state index in [2.05, 4.69) is 37.2 Å². The number of ether oxygens (including phenoxy) is 5. The van der Waals surface area contributed by atoms with Gasteiger partial charge in [-0.15, -0.1) is 0 Å². The number of benzene rings is 2. The van der Waals surface area contributed by atoms with Gasteiger partial charge in [0.15, 0.2) is 23.6 Å². The first-order valence-electron chi connectivity index (χ1n) is 20.3. The van der Waals surface area contributed by atoms with Crippen LogP contribution in [0.4, 0.5) is 0 Å². The molecule has 1 aliphatic heterocycles. The van der Waals surface area contributed by atoms with Gasteiger partial charge in [-0.2, -0.15) is 0 Å². The van der Waals surface area contributed by atoms with E-state index in [4.69, 9.17) is 23.7 Å². The Labute approximate surface area is 376 Å². The van der Waals surface area contributed by atoms with E-state index in [1.807, 2.05) is 0 Å². The lowest BCUT2D eigenvalue weighted by molar-refractivity contribution is -0.346. The molecule has 15 nitrogen and oxygen atoms in total. The molecular weight excluding hydrogens is 938 g/mol. The van der Waals surface area contributed by atoms with E-state index in [9.17, 15) is 39.3 Å². The van der Waals surface area contributed by atoms with Crippen molar-refractivity contribution in [1.82, 2.24) is 5.32 Å². The van der Waals surface area contributed by atoms with E-state index in [1.165, 1.54) is 26.0 Å². The van der Waals surface area contributed by atoms with Crippen LogP contribution in [0.15, 0.2) is 71.8 Å². The highest BCUT2D eigenvalue weighted by Crippen LogP contribution is 2.64. The first kappa shape index (κ1) is 47.5. The van der Waals surface area contributed by atoms with Crippen molar-refractivity contribution in [3.8, 4) is 0 Å². The van der Waals surface area contributed by atoms with Crippen molar-refractivity contribution in [2.24, 2.45) is 16.7 Å². The molecule has 62 heavy (non-hydrogen) atoms. The number of carbonyl (C=O) groups excluding carboxylic acids is 6. The van der Waals surface area contributed by atoms with Crippen LogP contribution in [0.1, 0.15) is 90.2 Å². The Balaban J connectivity index is 1.54. The van der Waals surface area contributed by atoms with Crippen LogP contribution >= 0.6 is 31.9 Å². The van der Waals surface area contributed by atoms with E-state index in [1.54, 1.807) is 76.2 Å². The number of Topliss-reactive ketones (excluding diaryl/α,β-unsaturated/α-hetero) is 1. The molecule has 0 unspecified atom stereocenters. The second-order valence-electron chi connectivity index (χ2n) is 17.7. The third-order valence-corrected chi connectivity index (χ3v) is 16.2. The molecule has 336 valence electrons. The Morgan fingerprint density at radius 3 is 2.08 bits per heavy atom. The number of nitrogens with one attached hydrogen (secondary N) is 1. The molecule has 3 fully saturated rings. The molecule has 0 radical (unpaired) electrons. The monoisotopic (exact) mass is 989 g/mol. The van der Waals surface area contributed by atoms with Crippen LogP contribution in [0.5, 0.6) is 0 Å². The molecule has 2 saturated carbocycles. The molecule has 1 heterocycles. The smallest absolute Gasteiger partial charge is 0.338 e. The van der Waals surface area contributed by atoms with E-state index < -0.39 is 122 Å². The number of carbonyl (C=O) groups is 6. The van der Waals surface area contributed by atoms with Crippen LogP contribution in [0.2, 0.25) is 0 Å². The zero-order valence-corrected chi connectivity index (χ0v) is 38.9. The molecular formula is C45H53Br2NO14. The molecule has 1 saturated heterocycles. The highest BCUT2D eigenvalue weighted by molar-refractivity contribution is 9.12. The number of ketones is 1. The van der Waals surface area contributed by atoms with E-state index in [-0.39, 0.29) is 29.7 Å². The van der Waals surface area contributed by atoms with Crippen LogP contribution in [0.3, 0.4) is 0 Å². The first-order chi connectivity index (χ1) is 28.9. The predicted octanol–water partition coefficient (Wildman–Crippen LogP) is 4.36. The molecule has 1 amide bonds. The second-order valence-corrected chi connectivity index (χ2v) is 20.7. The summed E-state index contributed by atoms with van der Waals surface area (Å²) in [6.45, 7) is 11.3. The lowest BCUT2D eigenvalue weighted by Gasteiger charge is -2.67. The van der Waals surface area contributed by atoms with Gasteiger partial charge >= 0.3 is 23.9 Å². The maximum atomic E-state index is 15.5. The summed E-state index contributed by atoms with van der Waals surface area (Å²) in [5.41, 5.74) is -7.30. The number of rotatable bonds is 11. The summed E-state index contributed by atoms with van der Waals surface area (Å²) < 4.78 is 29.1. The fourth-order valence-corrected chi connectivity index (χ4v) is 10.2. The fourth-order valence-electron chi connectivity index (χ4n) is 9.83. The minimum absolute atomic E-state index is 0.00540. The third kappa shape index (κ3) is 7.84.